The summed E-state index contributed by atoms with van der Waals surface area (Å²) in [7, 11) is 0. The van der Waals surface area contributed by atoms with Crippen molar-refractivity contribution in [1.29, 1.82) is 0 Å². The van der Waals surface area contributed by atoms with E-state index in [0.717, 1.165) is 24.6 Å². The van der Waals surface area contributed by atoms with Crippen molar-refractivity contribution in [3.8, 4) is 0 Å². The topological polar surface area (TPSA) is 28.4 Å². The van der Waals surface area contributed by atoms with Crippen LogP contribution in [0.15, 0.2) is 16.5 Å². The number of aryl methyl sites for hydroxylation is 1. The molecule has 0 bridgehead atoms. The van der Waals surface area contributed by atoms with Gasteiger partial charge in [-0.05, 0) is 52.3 Å². The fourth-order valence-electron chi connectivity index (χ4n) is 3.08. The molecular formula is C15H26N2O. The molecule has 1 aromatic heterocycles. The Morgan fingerprint density at radius 3 is 2.83 bits per heavy atom. The van der Waals surface area contributed by atoms with Gasteiger partial charge in [-0.25, -0.2) is 0 Å². The van der Waals surface area contributed by atoms with Crippen LogP contribution < -0.4 is 5.32 Å². The zero-order valence-electron chi connectivity index (χ0n) is 12.1. The van der Waals surface area contributed by atoms with Gasteiger partial charge in [0, 0.05) is 18.6 Å². The van der Waals surface area contributed by atoms with E-state index in [1.165, 1.54) is 12.8 Å². The smallest absolute Gasteiger partial charge is 0.121 e. The molecule has 2 heterocycles. The number of hydrogen-bond acceptors (Lipinski definition) is 3. The molecule has 102 valence electrons. The van der Waals surface area contributed by atoms with E-state index in [-0.39, 0.29) is 0 Å². The van der Waals surface area contributed by atoms with Gasteiger partial charge in [0.2, 0.25) is 0 Å². The molecule has 3 atom stereocenters. The van der Waals surface area contributed by atoms with E-state index < -0.39 is 0 Å². The molecule has 0 spiro atoms. The SMILES string of the molecule is CCNC1CCN(C(C)c2ccc(C)o2)C(C)C1. The van der Waals surface area contributed by atoms with Gasteiger partial charge in [0.15, 0.2) is 0 Å². The van der Waals surface area contributed by atoms with E-state index in [1.54, 1.807) is 0 Å². The molecule has 1 fully saturated rings. The Hall–Kier alpha value is -0.800. The minimum atomic E-state index is 0.385. The highest BCUT2D eigenvalue weighted by Gasteiger charge is 2.29. The Labute approximate surface area is 111 Å². The highest BCUT2D eigenvalue weighted by molar-refractivity contribution is 5.10. The number of nitrogens with zero attached hydrogens (tertiary/aromatic N) is 1. The van der Waals surface area contributed by atoms with Crippen LogP contribution in [0.1, 0.15) is 51.2 Å². The maximum Gasteiger partial charge on any atom is 0.121 e. The van der Waals surface area contributed by atoms with E-state index in [0.29, 0.717) is 18.1 Å². The number of nitrogens with one attached hydrogen (secondary N) is 1. The molecule has 1 N–H and O–H groups in total. The van der Waals surface area contributed by atoms with Crippen LogP contribution in [0.4, 0.5) is 0 Å². The second-order valence-electron chi connectivity index (χ2n) is 5.49. The molecule has 1 aromatic rings. The van der Waals surface area contributed by atoms with Gasteiger partial charge >= 0.3 is 0 Å². The van der Waals surface area contributed by atoms with Crippen molar-refractivity contribution in [2.24, 2.45) is 0 Å². The maximum atomic E-state index is 5.76. The molecule has 2 rings (SSSR count). The lowest BCUT2D eigenvalue weighted by Gasteiger charge is -2.40. The largest absolute Gasteiger partial charge is 0.465 e. The van der Waals surface area contributed by atoms with Crippen LogP contribution in [-0.4, -0.2) is 30.1 Å². The normalized spacial score (nSPS) is 27.3. The lowest BCUT2D eigenvalue weighted by molar-refractivity contribution is 0.0848. The summed E-state index contributed by atoms with van der Waals surface area (Å²) >= 11 is 0. The summed E-state index contributed by atoms with van der Waals surface area (Å²) in [5, 5.41) is 3.57. The first-order valence-electron chi connectivity index (χ1n) is 7.17. The lowest BCUT2D eigenvalue weighted by Crippen LogP contribution is -2.48. The lowest BCUT2D eigenvalue weighted by atomic mass is 9.96. The van der Waals surface area contributed by atoms with Crippen LogP contribution in [0.5, 0.6) is 0 Å². The molecular weight excluding hydrogens is 224 g/mol. The number of furan rings is 1. The molecule has 18 heavy (non-hydrogen) atoms. The van der Waals surface area contributed by atoms with Crippen molar-refractivity contribution in [3.63, 3.8) is 0 Å². The van der Waals surface area contributed by atoms with Gasteiger partial charge in [0.25, 0.3) is 0 Å². The molecule has 3 heteroatoms. The van der Waals surface area contributed by atoms with Crippen LogP contribution in [0.25, 0.3) is 0 Å². The van der Waals surface area contributed by atoms with Gasteiger partial charge < -0.3 is 9.73 Å². The summed E-state index contributed by atoms with van der Waals surface area (Å²) in [6, 6.07) is 5.86. The Morgan fingerprint density at radius 1 is 1.50 bits per heavy atom. The zero-order chi connectivity index (χ0) is 13.1. The van der Waals surface area contributed by atoms with Crippen molar-refractivity contribution >= 4 is 0 Å². The van der Waals surface area contributed by atoms with Gasteiger partial charge in [-0.2, -0.15) is 0 Å². The molecule has 1 aliphatic rings. The molecule has 0 saturated carbocycles. The average molecular weight is 250 g/mol. The quantitative estimate of drug-likeness (QED) is 0.890. The van der Waals surface area contributed by atoms with Crippen LogP contribution in [0, 0.1) is 6.92 Å². The third-order valence-electron chi connectivity index (χ3n) is 4.09. The van der Waals surface area contributed by atoms with Crippen molar-refractivity contribution < 1.29 is 4.42 Å². The summed E-state index contributed by atoms with van der Waals surface area (Å²) in [5.41, 5.74) is 0. The minimum absolute atomic E-state index is 0.385. The zero-order valence-corrected chi connectivity index (χ0v) is 12.1. The predicted octanol–water partition coefficient (Wildman–Crippen LogP) is 3.11. The Kier molecular flexibility index (Phi) is 4.46. The Morgan fingerprint density at radius 2 is 2.28 bits per heavy atom. The van der Waals surface area contributed by atoms with E-state index in [4.69, 9.17) is 4.42 Å². The van der Waals surface area contributed by atoms with E-state index >= 15 is 0 Å². The predicted molar refractivity (Wildman–Crippen MR) is 74.7 cm³/mol. The van der Waals surface area contributed by atoms with Gasteiger partial charge in [0.05, 0.1) is 6.04 Å². The number of rotatable bonds is 4. The first-order chi connectivity index (χ1) is 8.61. The molecule has 1 aliphatic heterocycles. The summed E-state index contributed by atoms with van der Waals surface area (Å²) in [6.45, 7) is 11.0. The van der Waals surface area contributed by atoms with Crippen LogP contribution in [-0.2, 0) is 0 Å². The second kappa shape index (κ2) is 5.89. The van der Waals surface area contributed by atoms with Gasteiger partial charge in [-0.3, -0.25) is 4.90 Å². The fourth-order valence-corrected chi connectivity index (χ4v) is 3.08. The summed E-state index contributed by atoms with van der Waals surface area (Å²) < 4.78 is 5.76. The molecule has 0 aliphatic carbocycles. The van der Waals surface area contributed by atoms with Gasteiger partial charge in [0.1, 0.15) is 11.5 Å². The monoisotopic (exact) mass is 250 g/mol. The van der Waals surface area contributed by atoms with Crippen LogP contribution in [0.3, 0.4) is 0 Å². The summed E-state index contributed by atoms with van der Waals surface area (Å²) in [5.74, 6) is 2.10. The third kappa shape index (κ3) is 2.96. The average Bonchev–Trinajstić information content (AvgIpc) is 2.76. The standard InChI is InChI=1S/C15H26N2O/c1-5-16-14-8-9-17(11(2)10-14)13(4)15-7-6-12(3)18-15/h6-7,11,13-14,16H,5,8-10H2,1-4H3. The number of likely N-dealkylation sites (tertiary alicyclic amines) is 1. The highest BCUT2D eigenvalue weighted by atomic mass is 16.3. The van der Waals surface area contributed by atoms with Gasteiger partial charge in [-0.15, -0.1) is 0 Å². The Bertz CT molecular complexity index is 374. The minimum Gasteiger partial charge on any atom is -0.465 e. The molecule has 3 nitrogen and oxygen atoms in total. The van der Waals surface area contributed by atoms with Crippen molar-refractivity contribution in [2.45, 2.75) is 58.7 Å². The number of piperidine rings is 1. The third-order valence-corrected chi connectivity index (χ3v) is 4.09. The molecule has 0 aromatic carbocycles. The van der Waals surface area contributed by atoms with E-state index in [9.17, 15) is 0 Å². The van der Waals surface area contributed by atoms with E-state index in [2.05, 4.69) is 43.1 Å². The molecule has 1 saturated heterocycles. The number of hydrogen-bond donors (Lipinski definition) is 1. The van der Waals surface area contributed by atoms with Crippen molar-refractivity contribution in [2.75, 3.05) is 13.1 Å². The maximum absolute atomic E-state index is 5.76. The van der Waals surface area contributed by atoms with Crippen molar-refractivity contribution in [1.82, 2.24) is 10.2 Å². The van der Waals surface area contributed by atoms with Crippen molar-refractivity contribution in [3.05, 3.63) is 23.7 Å². The summed E-state index contributed by atoms with van der Waals surface area (Å²) in [6.07, 6.45) is 2.47. The van der Waals surface area contributed by atoms with Gasteiger partial charge in [-0.1, -0.05) is 6.92 Å². The highest BCUT2D eigenvalue weighted by Crippen LogP contribution is 2.29. The summed E-state index contributed by atoms with van der Waals surface area (Å²) in [4.78, 5) is 2.56. The molecule has 0 radical (unpaired) electrons. The Balaban J connectivity index is 1.97. The first kappa shape index (κ1) is 13.6. The second-order valence-corrected chi connectivity index (χ2v) is 5.49. The fraction of sp³-hybridized carbons (Fsp3) is 0.733. The molecule has 0 amide bonds. The molecule has 3 unspecified atom stereocenters. The van der Waals surface area contributed by atoms with Crippen LogP contribution in [0.2, 0.25) is 0 Å². The van der Waals surface area contributed by atoms with E-state index in [1.807, 2.05) is 6.92 Å². The van der Waals surface area contributed by atoms with Crippen LogP contribution >= 0.6 is 0 Å². The first-order valence-corrected chi connectivity index (χ1v) is 7.17.